The average Bonchev–Trinajstić information content (AvgIpc) is 2.85. The lowest BCUT2D eigenvalue weighted by Crippen LogP contribution is -2.20. The van der Waals surface area contributed by atoms with Gasteiger partial charge in [-0.2, -0.15) is 13.2 Å². The summed E-state index contributed by atoms with van der Waals surface area (Å²) in [5, 5.41) is 9.33. The number of nitrogens with zero attached hydrogens (tertiary/aromatic N) is 2. The minimum atomic E-state index is -4.99. The normalized spacial score (nSPS) is 11.7. The number of halogens is 4. The number of alkyl halides is 3. The minimum absolute atomic E-state index is 0.00504. The van der Waals surface area contributed by atoms with Crippen molar-refractivity contribution in [1.29, 1.82) is 0 Å². The van der Waals surface area contributed by atoms with Gasteiger partial charge >= 0.3 is 6.18 Å². The molecule has 4 rings (SSSR count). The van der Waals surface area contributed by atoms with Crippen LogP contribution in [0.25, 0.3) is 11.1 Å². The average molecular weight is 546 g/mol. The van der Waals surface area contributed by atoms with Gasteiger partial charge in [-0.3, -0.25) is 4.79 Å². The first-order chi connectivity index (χ1) is 17.8. The molecule has 38 heavy (non-hydrogen) atoms. The van der Waals surface area contributed by atoms with Crippen molar-refractivity contribution in [2.24, 2.45) is 0 Å². The second kappa shape index (κ2) is 10.2. The standard InChI is InChI=1S/C26H19F4N3O4S/c1-15-13-17(27)11-12-20(15)37-25-22(24(34)31-18-9-6-10-19(14-18)38(2,35)36)21(16-7-4-3-5-8-16)23(32-33-25)26(28,29)30/h3-14H,1-2H3,(H,31,34). The largest absolute Gasteiger partial charge is 0.437 e. The Balaban J connectivity index is 1.93. The molecular weight excluding hydrogens is 526 g/mol. The highest BCUT2D eigenvalue weighted by atomic mass is 32.2. The summed E-state index contributed by atoms with van der Waals surface area (Å²) in [6.45, 7) is 1.50. The Morgan fingerprint density at radius 2 is 1.66 bits per heavy atom. The molecule has 1 amide bonds. The molecule has 7 nitrogen and oxygen atoms in total. The molecule has 0 fully saturated rings. The van der Waals surface area contributed by atoms with Crippen LogP contribution in [0.2, 0.25) is 0 Å². The molecule has 12 heteroatoms. The molecule has 0 bridgehead atoms. The Labute approximate surface area is 215 Å². The molecule has 0 aliphatic carbocycles. The Morgan fingerprint density at radius 1 is 0.947 bits per heavy atom. The van der Waals surface area contributed by atoms with E-state index in [0.717, 1.165) is 18.4 Å². The number of hydrogen-bond donors (Lipinski definition) is 1. The third-order valence-electron chi connectivity index (χ3n) is 5.36. The third-order valence-corrected chi connectivity index (χ3v) is 6.47. The summed E-state index contributed by atoms with van der Waals surface area (Å²) in [6.07, 6.45) is -4.02. The van der Waals surface area contributed by atoms with Gasteiger partial charge in [0.15, 0.2) is 15.5 Å². The van der Waals surface area contributed by atoms with Crippen molar-refractivity contribution in [2.75, 3.05) is 11.6 Å². The number of amides is 1. The highest BCUT2D eigenvalue weighted by molar-refractivity contribution is 7.90. The topological polar surface area (TPSA) is 98.2 Å². The monoisotopic (exact) mass is 545 g/mol. The molecule has 0 unspecified atom stereocenters. The summed E-state index contributed by atoms with van der Waals surface area (Å²) in [5.41, 5.74) is -2.33. The van der Waals surface area contributed by atoms with Gasteiger partial charge in [-0.25, -0.2) is 12.8 Å². The van der Waals surface area contributed by atoms with E-state index in [4.69, 9.17) is 4.74 Å². The van der Waals surface area contributed by atoms with E-state index in [-0.39, 0.29) is 21.9 Å². The van der Waals surface area contributed by atoms with E-state index in [1.165, 1.54) is 61.5 Å². The lowest BCUT2D eigenvalue weighted by atomic mass is 9.98. The Morgan fingerprint density at radius 3 is 2.29 bits per heavy atom. The molecule has 0 saturated carbocycles. The van der Waals surface area contributed by atoms with Crippen molar-refractivity contribution < 1.29 is 35.5 Å². The number of hydrogen-bond acceptors (Lipinski definition) is 6. The molecular formula is C26H19F4N3O4S. The van der Waals surface area contributed by atoms with E-state index in [1.54, 1.807) is 6.07 Å². The minimum Gasteiger partial charge on any atom is -0.437 e. The molecule has 0 radical (unpaired) electrons. The second-order valence-electron chi connectivity index (χ2n) is 8.23. The number of benzene rings is 3. The highest BCUT2D eigenvalue weighted by Crippen LogP contribution is 2.41. The maximum Gasteiger partial charge on any atom is 0.435 e. The summed E-state index contributed by atoms with van der Waals surface area (Å²) >= 11 is 0. The van der Waals surface area contributed by atoms with E-state index in [9.17, 15) is 30.8 Å². The Bertz CT molecular complexity index is 1630. The quantitative estimate of drug-likeness (QED) is 0.296. The van der Waals surface area contributed by atoms with Gasteiger partial charge in [0.1, 0.15) is 17.1 Å². The van der Waals surface area contributed by atoms with Gasteiger partial charge < -0.3 is 10.1 Å². The molecule has 196 valence electrons. The van der Waals surface area contributed by atoms with Crippen LogP contribution >= 0.6 is 0 Å². The van der Waals surface area contributed by atoms with Gasteiger partial charge in [0.2, 0.25) is 0 Å². The van der Waals surface area contributed by atoms with Crippen LogP contribution in [-0.2, 0) is 16.0 Å². The number of carbonyl (C=O) groups excluding carboxylic acids is 1. The van der Waals surface area contributed by atoms with Crippen LogP contribution in [0.5, 0.6) is 11.6 Å². The molecule has 0 aliphatic heterocycles. The first-order valence-electron chi connectivity index (χ1n) is 10.9. The summed E-state index contributed by atoms with van der Waals surface area (Å²) < 4.78 is 85.4. The number of nitrogens with one attached hydrogen (secondary N) is 1. The molecule has 3 aromatic carbocycles. The molecule has 1 N–H and O–H groups in total. The molecule has 0 saturated heterocycles. The van der Waals surface area contributed by atoms with Crippen molar-refractivity contribution in [2.45, 2.75) is 18.0 Å². The number of anilines is 1. The van der Waals surface area contributed by atoms with Crippen LogP contribution in [0.4, 0.5) is 23.2 Å². The first-order valence-corrected chi connectivity index (χ1v) is 12.8. The van der Waals surface area contributed by atoms with E-state index >= 15 is 0 Å². The van der Waals surface area contributed by atoms with Gasteiger partial charge in [-0.15, -0.1) is 10.2 Å². The number of ether oxygens (including phenoxy) is 1. The van der Waals surface area contributed by atoms with Crippen LogP contribution in [-0.4, -0.2) is 30.8 Å². The molecule has 1 heterocycles. The van der Waals surface area contributed by atoms with E-state index in [1.807, 2.05) is 0 Å². The van der Waals surface area contributed by atoms with Gasteiger partial charge in [0.25, 0.3) is 11.8 Å². The zero-order valence-corrected chi connectivity index (χ0v) is 20.7. The maximum atomic E-state index is 14.1. The second-order valence-corrected chi connectivity index (χ2v) is 10.2. The number of aryl methyl sites for hydroxylation is 1. The van der Waals surface area contributed by atoms with E-state index < -0.39 is 50.4 Å². The molecule has 0 aliphatic rings. The van der Waals surface area contributed by atoms with Gasteiger partial charge in [-0.1, -0.05) is 36.4 Å². The first kappa shape index (κ1) is 26.7. The zero-order chi connectivity index (χ0) is 27.7. The fourth-order valence-electron chi connectivity index (χ4n) is 3.62. The van der Waals surface area contributed by atoms with Crippen LogP contribution in [0, 0.1) is 12.7 Å². The highest BCUT2D eigenvalue weighted by Gasteiger charge is 2.40. The van der Waals surface area contributed by atoms with Gasteiger partial charge in [0, 0.05) is 17.5 Å². The number of rotatable bonds is 6. The van der Waals surface area contributed by atoms with E-state index in [2.05, 4.69) is 15.5 Å². The van der Waals surface area contributed by atoms with Crippen LogP contribution in [0.3, 0.4) is 0 Å². The Hall–Kier alpha value is -4.32. The summed E-state index contributed by atoms with van der Waals surface area (Å²) in [4.78, 5) is 13.5. The number of aromatic nitrogens is 2. The van der Waals surface area contributed by atoms with E-state index in [0.29, 0.717) is 5.56 Å². The number of carbonyl (C=O) groups is 1. The van der Waals surface area contributed by atoms with Crippen molar-refractivity contribution in [3.63, 3.8) is 0 Å². The summed E-state index contributed by atoms with van der Waals surface area (Å²) in [5.74, 6) is -2.16. The van der Waals surface area contributed by atoms with Crippen LogP contribution in [0.15, 0.2) is 77.7 Å². The smallest absolute Gasteiger partial charge is 0.435 e. The molecule has 0 atom stereocenters. The molecule has 4 aromatic rings. The fourth-order valence-corrected chi connectivity index (χ4v) is 4.28. The number of sulfone groups is 1. The maximum absolute atomic E-state index is 14.1. The molecule has 0 spiro atoms. The van der Waals surface area contributed by atoms with Crippen molar-refractivity contribution in [1.82, 2.24) is 10.2 Å². The third kappa shape index (κ3) is 5.80. The summed E-state index contributed by atoms with van der Waals surface area (Å²) in [6, 6.07) is 16.0. The summed E-state index contributed by atoms with van der Waals surface area (Å²) in [7, 11) is -3.64. The zero-order valence-electron chi connectivity index (χ0n) is 19.9. The van der Waals surface area contributed by atoms with Gasteiger partial charge in [0.05, 0.1) is 4.90 Å². The SMILES string of the molecule is Cc1cc(F)ccc1Oc1nnc(C(F)(F)F)c(-c2ccccc2)c1C(=O)Nc1cccc(S(C)(=O)=O)c1. The predicted molar refractivity (Wildman–Crippen MR) is 131 cm³/mol. The van der Waals surface area contributed by atoms with Crippen molar-refractivity contribution in [3.8, 4) is 22.8 Å². The van der Waals surface area contributed by atoms with Crippen LogP contribution < -0.4 is 10.1 Å². The Kier molecular flexibility index (Phi) is 7.18. The van der Waals surface area contributed by atoms with Gasteiger partial charge in [-0.05, 0) is 54.4 Å². The van der Waals surface area contributed by atoms with Crippen molar-refractivity contribution >= 4 is 21.4 Å². The lowest BCUT2D eigenvalue weighted by Gasteiger charge is -2.19. The lowest BCUT2D eigenvalue weighted by molar-refractivity contribution is -0.141. The van der Waals surface area contributed by atoms with Crippen molar-refractivity contribution in [3.05, 3.63) is 95.4 Å². The molecule has 1 aromatic heterocycles. The predicted octanol–water partition coefficient (Wildman–Crippen LogP) is 6.06. The van der Waals surface area contributed by atoms with Crippen LogP contribution in [0.1, 0.15) is 21.6 Å². The fraction of sp³-hybridized carbons (Fsp3) is 0.115.